The van der Waals surface area contributed by atoms with Crippen LogP contribution in [0.5, 0.6) is 0 Å². The molecule has 2 aromatic heterocycles. The lowest BCUT2D eigenvalue weighted by Gasteiger charge is -2.07. The molecule has 2 heterocycles. The van der Waals surface area contributed by atoms with Crippen molar-refractivity contribution in [2.24, 2.45) is 0 Å². The van der Waals surface area contributed by atoms with Gasteiger partial charge in [-0.15, -0.1) is 5.10 Å². The number of thiazole rings is 1. The van der Waals surface area contributed by atoms with Crippen LogP contribution < -0.4 is 5.32 Å². The summed E-state index contributed by atoms with van der Waals surface area (Å²) in [5.41, 5.74) is 2.62. The number of hydrogen-bond donors (Lipinski definition) is 1. The molecule has 4 aromatic rings. The molecule has 4 rings (SSSR count). The quantitative estimate of drug-likeness (QED) is 0.495. The van der Waals surface area contributed by atoms with E-state index in [1.807, 2.05) is 43.3 Å². The van der Waals surface area contributed by atoms with Crippen LogP contribution in [0.2, 0.25) is 5.02 Å². The molecule has 0 radical (unpaired) electrons. The standard InChI is InChI=1S/C17H13ClN6OS2/c1-10-6-7-11(18)8-13(10)24-17(21-22-23-24)26-9-15(25)20-16-19-12-4-2-3-5-14(12)27-16/h2-8H,9H2,1H3,(H,19,20,25). The Kier molecular flexibility index (Phi) is 5.06. The predicted octanol–water partition coefficient (Wildman–Crippen LogP) is 3.96. The van der Waals surface area contributed by atoms with Crippen molar-refractivity contribution in [3.63, 3.8) is 0 Å². The van der Waals surface area contributed by atoms with Crippen LogP contribution in [0.15, 0.2) is 47.6 Å². The molecule has 10 heteroatoms. The second-order valence-electron chi connectivity index (χ2n) is 5.63. The highest BCUT2D eigenvalue weighted by atomic mass is 35.5. The topological polar surface area (TPSA) is 85.6 Å². The number of tetrazole rings is 1. The summed E-state index contributed by atoms with van der Waals surface area (Å²) in [6.07, 6.45) is 0. The summed E-state index contributed by atoms with van der Waals surface area (Å²) < 4.78 is 2.61. The van der Waals surface area contributed by atoms with Gasteiger partial charge in [-0.1, -0.05) is 52.9 Å². The van der Waals surface area contributed by atoms with Gasteiger partial charge in [0.25, 0.3) is 0 Å². The fourth-order valence-corrected chi connectivity index (χ4v) is 4.17. The van der Waals surface area contributed by atoms with Gasteiger partial charge in [-0.3, -0.25) is 4.79 Å². The number of hydrogen-bond acceptors (Lipinski definition) is 7. The maximum Gasteiger partial charge on any atom is 0.236 e. The Hall–Kier alpha value is -2.49. The van der Waals surface area contributed by atoms with Gasteiger partial charge in [-0.05, 0) is 47.2 Å². The normalized spacial score (nSPS) is 11.0. The number of thioether (sulfide) groups is 1. The van der Waals surface area contributed by atoms with E-state index in [1.54, 1.807) is 10.7 Å². The smallest absolute Gasteiger partial charge is 0.236 e. The summed E-state index contributed by atoms with van der Waals surface area (Å²) in [6, 6.07) is 13.2. The van der Waals surface area contributed by atoms with Crippen molar-refractivity contribution in [3.05, 3.63) is 53.1 Å². The molecule has 0 saturated heterocycles. The van der Waals surface area contributed by atoms with Crippen LogP contribution in [0.25, 0.3) is 15.9 Å². The van der Waals surface area contributed by atoms with Crippen molar-refractivity contribution in [1.82, 2.24) is 25.2 Å². The van der Waals surface area contributed by atoms with Crippen LogP contribution in [-0.2, 0) is 4.79 Å². The third kappa shape index (κ3) is 3.95. The molecule has 2 aromatic carbocycles. The van der Waals surface area contributed by atoms with E-state index < -0.39 is 0 Å². The van der Waals surface area contributed by atoms with E-state index in [2.05, 4.69) is 25.8 Å². The van der Waals surface area contributed by atoms with Crippen molar-refractivity contribution in [2.45, 2.75) is 12.1 Å². The zero-order valence-corrected chi connectivity index (χ0v) is 16.5. The summed E-state index contributed by atoms with van der Waals surface area (Å²) >= 11 is 8.76. The largest absolute Gasteiger partial charge is 0.301 e. The highest BCUT2D eigenvalue weighted by Gasteiger charge is 2.14. The summed E-state index contributed by atoms with van der Waals surface area (Å²) in [5.74, 6) is -0.00737. The Balaban J connectivity index is 1.45. The minimum atomic E-state index is -0.170. The lowest BCUT2D eigenvalue weighted by atomic mass is 10.2. The zero-order chi connectivity index (χ0) is 18.8. The van der Waals surface area contributed by atoms with Crippen LogP contribution in [0.4, 0.5) is 5.13 Å². The molecule has 136 valence electrons. The van der Waals surface area contributed by atoms with E-state index in [-0.39, 0.29) is 11.7 Å². The molecule has 0 aliphatic carbocycles. The molecule has 1 amide bonds. The summed E-state index contributed by atoms with van der Waals surface area (Å²) in [7, 11) is 0. The Morgan fingerprint density at radius 2 is 2.15 bits per heavy atom. The van der Waals surface area contributed by atoms with Crippen molar-refractivity contribution in [3.8, 4) is 5.69 Å². The molecule has 0 bridgehead atoms. The van der Waals surface area contributed by atoms with Crippen LogP contribution in [0.3, 0.4) is 0 Å². The third-order valence-corrected chi connectivity index (χ3v) is 5.82. The van der Waals surface area contributed by atoms with Crippen LogP contribution in [-0.4, -0.2) is 36.9 Å². The Bertz CT molecular complexity index is 1090. The number of nitrogens with zero attached hydrogens (tertiary/aromatic N) is 5. The molecule has 0 atom stereocenters. The van der Waals surface area contributed by atoms with E-state index in [1.165, 1.54) is 23.1 Å². The maximum atomic E-state index is 12.3. The highest BCUT2D eigenvalue weighted by molar-refractivity contribution is 7.99. The minimum absolute atomic E-state index is 0.163. The minimum Gasteiger partial charge on any atom is -0.301 e. The van der Waals surface area contributed by atoms with E-state index >= 15 is 0 Å². The molecule has 0 saturated carbocycles. The second kappa shape index (κ2) is 7.63. The number of nitrogens with one attached hydrogen (secondary N) is 1. The summed E-state index contributed by atoms with van der Waals surface area (Å²) in [4.78, 5) is 16.7. The van der Waals surface area contributed by atoms with Gasteiger partial charge in [0.1, 0.15) is 0 Å². The number of carbonyl (C=O) groups excluding carboxylic acids is 1. The first kappa shape index (κ1) is 17.9. The zero-order valence-electron chi connectivity index (χ0n) is 14.1. The molecule has 0 spiro atoms. The molecule has 7 nitrogen and oxygen atoms in total. The highest BCUT2D eigenvalue weighted by Crippen LogP contribution is 2.26. The lowest BCUT2D eigenvalue weighted by molar-refractivity contribution is -0.113. The van der Waals surface area contributed by atoms with Crippen LogP contribution in [0.1, 0.15) is 5.56 Å². The van der Waals surface area contributed by atoms with Crippen molar-refractivity contribution >= 4 is 56.0 Å². The molecule has 0 fully saturated rings. The first-order valence-corrected chi connectivity index (χ1v) is 10.1. The monoisotopic (exact) mass is 416 g/mol. The number of anilines is 1. The van der Waals surface area contributed by atoms with Gasteiger partial charge in [0.2, 0.25) is 11.1 Å². The number of amides is 1. The number of halogens is 1. The number of carbonyl (C=O) groups is 1. The number of aromatic nitrogens is 5. The first-order valence-electron chi connectivity index (χ1n) is 7.93. The summed E-state index contributed by atoms with van der Waals surface area (Å²) in [6.45, 7) is 1.95. The fraction of sp³-hybridized carbons (Fsp3) is 0.118. The first-order chi connectivity index (χ1) is 13.1. The number of para-hydroxylation sites is 1. The van der Waals surface area contributed by atoms with Crippen molar-refractivity contribution in [1.29, 1.82) is 0 Å². The van der Waals surface area contributed by atoms with E-state index in [9.17, 15) is 4.79 Å². The number of fused-ring (bicyclic) bond motifs is 1. The van der Waals surface area contributed by atoms with Gasteiger partial charge < -0.3 is 5.32 Å². The van der Waals surface area contributed by atoms with E-state index in [0.29, 0.717) is 15.3 Å². The van der Waals surface area contributed by atoms with Gasteiger partial charge in [0.05, 0.1) is 21.7 Å². The molecular formula is C17H13ClN6OS2. The molecule has 0 aliphatic rings. The van der Waals surface area contributed by atoms with E-state index in [0.717, 1.165) is 21.5 Å². The number of rotatable bonds is 5. The lowest BCUT2D eigenvalue weighted by Crippen LogP contribution is -2.14. The van der Waals surface area contributed by atoms with Crippen LogP contribution in [0, 0.1) is 6.92 Å². The van der Waals surface area contributed by atoms with E-state index in [4.69, 9.17) is 11.6 Å². The number of benzene rings is 2. The molecule has 27 heavy (non-hydrogen) atoms. The van der Waals surface area contributed by atoms with Crippen LogP contribution >= 0.6 is 34.7 Å². The van der Waals surface area contributed by atoms with Gasteiger partial charge in [-0.2, -0.15) is 4.68 Å². The SMILES string of the molecule is Cc1ccc(Cl)cc1-n1nnnc1SCC(=O)Nc1nc2ccccc2s1. The van der Waals surface area contributed by atoms with Crippen molar-refractivity contribution in [2.75, 3.05) is 11.1 Å². The maximum absolute atomic E-state index is 12.3. The Labute approximate surface area is 167 Å². The molecule has 0 unspecified atom stereocenters. The summed E-state index contributed by atoms with van der Waals surface area (Å²) in [5, 5.41) is 16.2. The Morgan fingerprint density at radius 1 is 1.30 bits per heavy atom. The Morgan fingerprint density at radius 3 is 3.00 bits per heavy atom. The van der Waals surface area contributed by atoms with Crippen molar-refractivity contribution < 1.29 is 4.79 Å². The average molecular weight is 417 g/mol. The molecule has 0 aliphatic heterocycles. The molecular weight excluding hydrogens is 404 g/mol. The predicted molar refractivity (Wildman–Crippen MR) is 108 cm³/mol. The third-order valence-electron chi connectivity index (χ3n) is 3.71. The number of aryl methyl sites for hydroxylation is 1. The van der Waals surface area contributed by atoms with Gasteiger partial charge >= 0.3 is 0 Å². The van der Waals surface area contributed by atoms with Gasteiger partial charge in [0.15, 0.2) is 5.13 Å². The fourth-order valence-electron chi connectivity index (χ4n) is 2.44. The second-order valence-corrected chi connectivity index (χ2v) is 8.04. The molecule has 1 N–H and O–H groups in total. The van der Waals surface area contributed by atoms with Gasteiger partial charge in [0, 0.05) is 5.02 Å². The average Bonchev–Trinajstić information content (AvgIpc) is 3.28. The van der Waals surface area contributed by atoms with Gasteiger partial charge in [-0.25, -0.2) is 4.98 Å².